The van der Waals surface area contributed by atoms with Gasteiger partial charge in [-0.25, -0.2) is 9.97 Å². The highest BCUT2D eigenvalue weighted by Crippen LogP contribution is 2.46. The van der Waals surface area contributed by atoms with Gasteiger partial charge in [0.05, 0.1) is 5.69 Å². The molecular formula is C34H18N2S2. The largest absolute Gasteiger partial charge is 0.227 e. The molecule has 9 rings (SSSR count). The summed E-state index contributed by atoms with van der Waals surface area (Å²) in [6, 6.07) is 39.2. The smallest absolute Gasteiger partial charge is 0.161 e. The van der Waals surface area contributed by atoms with E-state index in [2.05, 4.69) is 109 Å². The zero-order valence-electron chi connectivity index (χ0n) is 20.1. The number of aromatic nitrogens is 2. The number of thiophene rings is 2. The standard InChI is InChI=1S/C34H18N2S2/c1-2-8-19(9-3-1)32-31-24-10-4-5-13-26(24)38-34(31)36-33(35-32)20-16-17-21-22-11-6-14-27-29(22)30-23(25(21)18-20)12-7-15-28(30)37-27/h1-18H. The van der Waals surface area contributed by atoms with Gasteiger partial charge in [-0.15, -0.1) is 22.7 Å². The number of hydrogen-bond donors (Lipinski definition) is 0. The molecule has 0 spiro atoms. The van der Waals surface area contributed by atoms with E-state index in [4.69, 9.17) is 9.97 Å². The fourth-order valence-electron chi connectivity index (χ4n) is 6.01. The zero-order valence-corrected chi connectivity index (χ0v) is 21.7. The van der Waals surface area contributed by atoms with Crippen molar-refractivity contribution in [2.45, 2.75) is 0 Å². The van der Waals surface area contributed by atoms with Gasteiger partial charge in [0.1, 0.15) is 4.83 Å². The van der Waals surface area contributed by atoms with Crippen LogP contribution in [-0.2, 0) is 0 Å². The van der Waals surface area contributed by atoms with Crippen LogP contribution < -0.4 is 0 Å². The molecule has 3 aromatic heterocycles. The quantitative estimate of drug-likeness (QED) is 0.213. The summed E-state index contributed by atoms with van der Waals surface area (Å²) in [6.45, 7) is 0. The molecule has 0 atom stereocenters. The van der Waals surface area contributed by atoms with E-state index in [9.17, 15) is 0 Å². The highest BCUT2D eigenvalue weighted by atomic mass is 32.1. The van der Waals surface area contributed by atoms with Crippen molar-refractivity contribution in [1.29, 1.82) is 0 Å². The van der Waals surface area contributed by atoms with Crippen LogP contribution in [0.4, 0.5) is 0 Å². The Balaban J connectivity index is 1.38. The van der Waals surface area contributed by atoms with Gasteiger partial charge in [-0.05, 0) is 45.8 Å². The van der Waals surface area contributed by atoms with Gasteiger partial charge in [-0.1, -0.05) is 84.9 Å². The summed E-state index contributed by atoms with van der Waals surface area (Å²) >= 11 is 3.62. The fourth-order valence-corrected chi connectivity index (χ4v) is 8.25. The van der Waals surface area contributed by atoms with Crippen molar-refractivity contribution in [2.75, 3.05) is 0 Å². The Morgan fingerprint density at radius 3 is 1.92 bits per heavy atom. The Bertz CT molecular complexity index is 2350. The molecule has 4 heteroatoms. The lowest BCUT2D eigenvalue weighted by atomic mass is 9.93. The second-order valence-electron chi connectivity index (χ2n) is 9.76. The summed E-state index contributed by atoms with van der Waals surface area (Å²) in [5.74, 6) is 0.771. The van der Waals surface area contributed by atoms with Crippen molar-refractivity contribution < 1.29 is 0 Å². The average Bonchev–Trinajstić information content (AvgIpc) is 3.55. The molecule has 0 saturated heterocycles. The molecule has 0 bridgehead atoms. The number of fused-ring (bicyclic) bond motifs is 6. The molecule has 9 aromatic rings. The first-order valence-corrected chi connectivity index (χ1v) is 14.3. The van der Waals surface area contributed by atoms with E-state index < -0.39 is 0 Å². The SMILES string of the molecule is c1ccc(-c2nc(-c3ccc4c(c3)c3cccc5sc6cccc4c6c53)nc3sc4ccccc4c23)cc1. The molecule has 0 aliphatic rings. The Morgan fingerprint density at radius 1 is 0.421 bits per heavy atom. The Hall–Kier alpha value is -4.38. The molecule has 0 amide bonds. The summed E-state index contributed by atoms with van der Waals surface area (Å²) in [5, 5.41) is 10.3. The molecular weight excluding hydrogens is 501 g/mol. The Morgan fingerprint density at radius 2 is 1.11 bits per heavy atom. The molecule has 6 aromatic carbocycles. The number of hydrogen-bond acceptors (Lipinski definition) is 4. The fraction of sp³-hybridized carbons (Fsp3) is 0. The van der Waals surface area contributed by atoms with E-state index in [1.807, 2.05) is 11.3 Å². The normalized spacial score (nSPS) is 12.2. The maximum absolute atomic E-state index is 5.23. The molecule has 0 saturated carbocycles. The molecule has 0 radical (unpaired) electrons. The van der Waals surface area contributed by atoms with Gasteiger partial charge >= 0.3 is 0 Å². The van der Waals surface area contributed by atoms with E-state index in [0.717, 1.165) is 32.9 Å². The second kappa shape index (κ2) is 7.57. The maximum atomic E-state index is 5.23. The van der Waals surface area contributed by atoms with Gasteiger partial charge in [0.2, 0.25) is 0 Å². The number of benzene rings is 6. The summed E-state index contributed by atoms with van der Waals surface area (Å²) in [5.41, 5.74) is 3.15. The van der Waals surface area contributed by atoms with Crippen LogP contribution in [0, 0.1) is 0 Å². The predicted octanol–water partition coefficient (Wildman–Crippen LogP) is 10.3. The van der Waals surface area contributed by atoms with E-state index in [-0.39, 0.29) is 0 Å². The zero-order chi connectivity index (χ0) is 24.8. The highest BCUT2D eigenvalue weighted by molar-refractivity contribution is 7.26. The van der Waals surface area contributed by atoms with Crippen LogP contribution in [0.1, 0.15) is 0 Å². The Kier molecular flexibility index (Phi) is 4.12. The molecule has 2 nitrogen and oxygen atoms in total. The molecule has 38 heavy (non-hydrogen) atoms. The average molecular weight is 519 g/mol. The van der Waals surface area contributed by atoms with Crippen molar-refractivity contribution >= 4 is 84.7 Å². The van der Waals surface area contributed by atoms with Crippen molar-refractivity contribution in [1.82, 2.24) is 9.97 Å². The molecule has 0 N–H and O–H groups in total. The summed E-state index contributed by atoms with van der Waals surface area (Å²) < 4.78 is 3.93. The van der Waals surface area contributed by atoms with Gasteiger partial charge < -0.3 is 0 Å². The third kappa shape index (κ3) is 2.76. The van der Waals surface area contributed by atoms with Crippen LogP contribution in [-0.4, -0.2) is 9.97 Å². The van der Waals surface area contributed by atoms with Crippen LogP contribution in [0.25, 0.3) is 84.7 Å². The first-order valence-electron chi connectivity index (χ1n) is 12.7. The van der Waals surface area contributed by atoms with E-state index in [1.165, 1.54) is 51.8 Å². The van der Waals surface area contributed by atoms with Crippen LogP contribution >= 0.6 is 22.7 Å². The Labute approximate surface area is 225 Å². The highest BCUT2D eigenvalue weighted by Gasteiger charge is 2.19. The van der Waals surface area contributed by atoms with Crippen molar-refractivity contribution in [3.8, 4) is 22.6 Å². The molecule has 0 unspecified atom stereocenters. The van der Waals surface area contributed by atoms with E-state index >= 15 is 0 Å². The molecule has 3 heterocycles. The molecule has 0 aliphatic heterocycles. The van der Waals surface area contributed by atoms with Crippen molar-refractivity contribution in [2.24, 2.45) is 0 Å². The monoisotopic (exact) mass is 518 g/mol. The summed E-state index contributed by atoms with van der Waals surface area (Å²) in [7, 11) is 0. The van der Waals surface area contributed by atoms with Gasteiger partial charge in [0.15, 0.2) is 5.82 Å². The summed E-state index contributed by atoms with van der Waals surface area (Å²) in [6.07, 6.45) is 0. The molecule has 0 fully saturated rings. The second-order valence-corrected chi connectivity index (χ2v) is 11.9. The minimum absolute atomic E-state index is 0.771. The lowest BCUT2D eigenvalue weighted by Crippen LogP contribution is -1.94. The van der Waals surface area contributed by atoms with Gasteiger partial charge in [0.25, 0.3) is 0 Å². The van der Waals surface area contributed by atoms with Crippen LogP contribution in [0.2, 0.25) is 0 Å². The van der Waals surface area contributed by atoms with Gasteiger partial charge in [-0.3, -0.25) is 0 Å². The minimum atomic E-state index is 0.771. The van der Waals surface area contributed by atoms with Crippen LogP contribution in [0.15, 0.2) is 109 Å². The molecule has 0 aliphatic carbocycles. The lowest BCUT2D eigenvalue weighted by Gasteiger charge is -2.11. The minimum Gasteiger partial charge on any atom is -0.227 e. The third-order valence-electron chi connectivity index (χ3n) is 7.67. The van der Waals surface area contributed by atoms with Gasteiger partial charge in [0, 0.05) is 46.8 Å². The van der Waals surface area contributed by atoms with Crippen LogP contribution in [0.3, 0.4) is 0 Å². The number of rotatable bonds is 2. The first kappa shape index (κ1) is 20.7. The topological polar surface area (TPSA) is 25.8 Å². The van der Waals surface area contributed by atoms with Crippen LogP contribution in [0.5, 0.6) is 0 Å². The van der Waals surface area contributed by atoms with E-state index in [0.29, 0.717) is 0 Å². The van der Waals surface area contributed by atoms with E-state index in [1.54, 1.807) is 11.3 Å². The summed E-state index contributed by atoms with van der Waals surface area (Å²) in [4.78, 5) is 11.4. The van der Waals surface area contributed by atoms with Gasteiger partial charge in [-0.2, -0.15) is 0 Å². The predicted molar refractivity (Wildman–Crippen MR) is 165 cm³/mol. The lowest BCUT2D eigenvalue weighted by molar-refractivity contribution is 1.24. The van der Waals surface area contributed by atoms with Crippen molar-refractivity contribution in [3.05, 3.63) is 109 Å². The third-order valence-corrected chi connectivity index (χ3v) is 9.85. The van der Waals surface area contributed by atoms with Crippen molar-refractivity contribution in [3.63, 3.8) is 0 Å². The number of nitrogens with zero attached hydrogens (tertiary/aromatic N) is 2. The molecule has 176 valence electrons. The maximum Gasteiger partial charge on any atom is 0.161 e. The first-order chi connectivity index (χ1) is 18.8.